The smallest absolute Gasteiger partial charge is 0.191 e. The van der Waals surface area contributed by atoms with E-state index in [-0.39, 0.29) is 0 Å². The molecular formula is C12H16ClN3O. The highest BCUT2D eigenvalue weighted by molar-refractivity contribution is 6.32. The first kappa shape index (κ1) is 12.0. The number of aliphatic imine (C=N–C) groups is 1. The molecule has 0 saturated carbocycles. The van der Waals surface area contributed by atoms with E-state index >= 15 is 0 Å². The summed E-state index contributed by atoms with van der Waals surface area (Å²) in [6.07, 6.45) is 1.10. The van der Waals surface area contributed by atoms with Gasteiger partial charge in [-0.15, -0.1) is 0 Å². The van der Waals surface area contributed by atoms with Crippen LogP contribution in [0, 0.1) is 0 Å². The molecule has 17 heavy (non-hydrogen) atoms. The van der Waals surface area contributed by atoms with Gasteiger partial charge in [0.05, 0.1) is 12.1 Å². The fourth-order valence-corrected chi connectivity index (χ4v) is 1.94. The summed E-state index contributed by atoms with van der Waals surface area (Å²) < 4.78 is 5.11. The topological polar surface area (TPSA) is 45.6 Å². The standard InChI is InChI=1S/C12H16ClN3O/c1-17-11-4-3-9(7-10(11)13)8-16-12-14-5-2-6-15-12/h3-4,7H,2,5-6,8H2,1H3,(H2,14,15,16). The Morgan fingerprint density at radius 3 is 3.06 bits per heavy atom. The van der Waals surface area contributed by atoms with Gasteiger partial charge in [-0.3, -0.25) is 4.99 Å². The molecule has 0 fully saturated rings. The fourth-order valence-electron chi connectivity index (χ4n) is 1.66. The lowest BCUT2D eigenvalue weighted by atomic mass is 10.2. The third-order valence-electron chi connectivity index (χ3n) is 2.57. The van der Waals surface area contributed by atoms with Crippen molar-refractivity contribution < 1.29 is 4.74 Å². The average Bonchev–Trinajstić information content (AvgIpc) is 2.38. The van der Waals surface area contributed by atoms with E-state index in [1.165, 1.54) is 0 Å². The first-order valence-electron chi connectivity index (χ1n) is 5.64. The number of benzene rings is 1. The number of ether oxygens (including phenoxy) is 1. The van der Waals surface area contributed by atoms with Crippen LogP contribution in [-0.4, -0.2) is 26.2 Å². The molecule has 1 aliphatic heterocycles. The fraction of sp³-hybridized carbons (Fsp3) is 0.417. The lowest BCUT2D eigenvalue weighted by Crippen LogP contribution is -2.40. The van der Waals surface area contributed by atoms with Crippen molar-refractivity contribution in [3.8, 4) is 5.75 Å². The molecular weight excluding hydrogens is 238 g/mol. The van der Waals surface area contributed by atoms with Crippen LogP contribution in [0.2, 0.25) is 5.02 Å². The average molecular weight is 254 g/mol. The van der Waals surface area contributed by atoms with E-state index in [0.29, 0.717) is 17.3 Å². The van der Waals surface area contributed by atoms with Gasteiger partial charge in [0.15, 0.2) is 5.96 Å². The minimum absolute atomic E-state index is 0.630. The second-order valence-electron chi connectivity index (χ2n) is 3.83. The van der Waals surface area contributed by atoms with Crippen LogP contribution in [-0.2, 0) is 6.54 Å². The third kappa shape index (κ3) is 3.27. The van der Waals surface area contributed by atoms with Crippen molar-refractivity contribution >= 4 is 17.6 Å². The summed E-state index contributed by atoms with van der Waals surface area (Å²) in [6, 6.07) is 5.76. The van der Waals surface area contributed by atoms with E-state index in [1.807, 2.05) is 18.2 Å². The summed E-state index contributed by atoms with van der Waals surface area (Å²) in [5, 5.41) is 7.08. The number of guanidine groups is 1. The van der Waals surface area contributed by atoms with Crippen molar-refractivity contribution in [3.63, 3.8) is 0 Å². The minimum atomic E-state index is 0.630. The number of halogens is 1. The van der Waals surface area contributed by atoms with Gasteiger partial charge in [-0.05, 0) is 24.1 Å². The molecule has 0 spiro atoms. The van der Waals surface area contributed by atoms with Gasteiger partial charge in [-0.1, -0.05) is 17.7 Å². The SMILES string of the molecule is COc1ccc(CNC2=NCCCN2)cc1Cl. The van der Waals surface area contributed by atoms with E-state index < -0.39 is 0 Å². The Hall–Kier alpha value is -1.42. The molecule has 0 unspecified atom stereocenters. The van der Waals surface area contributed by atoms with Crippen molar-refractivity contribution in [1.29, 1.82) is 0 Å². The van der Waals surface area contributed by atoms with E-state index in [4.69, 9.17) is 16.3 Å². The van der Waals surface area contributed by atoms with Crippen LogP contribution in [0.4, 0.5) is 0 Å². The molecule has 0 aliphatic carbocycles. The van der Waals surface area contributed by atoms with Gasteiger partial charge < -0.3 is 15.4 Å². The van der Waals surface area contributed by atoms with E-state index in [0.717, 1.165) is 31.0 Å². The largest absolute Gasteiger partial charge is 0.495 e. The molecule has 0 aromatic heterocycles. The summed E-state index contributed by atoms with van der Waals surface area (Å²) in [6.45, 7) is 2.57. The van der Waals surface area contributed by atoms with Crippen LogP contribution < -0.4 is 15.4 Å². The van der Waals surface area contributed by atoms with Crippen LogP contribution in [0.25, 0.3) is 0 Å². The van der Waals surface area contributed by atoms with Crippen molar-refractivity contribution in [3.05, 3.63) is 28.8 Å². The number of hydrogen-bond acceptors (Lipinski definition) is 4. The molecule has 5 heteroatoms. The van der Waals surface area contributed by atoms with E-state index in [1.54, 1.807) is 7.11 Å². The highest BCUT2D eigenvalue weighted by Crippen LogP contribution is 2.24. The minimum Gasteiger partial charge on any atom is -0.495 e. The van der Waals surface area contributed by atoms with Crippen LogP contribution in [0.15, 0.2) is 23.2 Å². The maximum atomic E-state index is 6.05. The highest BCUT2D eigenvalue weighted by Gasteiger charge is 2.05. The molecule has 1 aliphatic rings. The van der Waals surface area contributed by atoms with Gasteiger partial charge in [0, 0.05) is 19.6 Å². The summed E-state index contributed by atoms with van der Waals surface area (Å²) in [5.41, 5.74) is 1.10. The van der Waals surface area contributed by atoms with Crippen LogP contribution in [0.3, 0.4) is 0 Å². The summed E-state index contributed by atoms with van der Waals surface area (Å²) >= 11 is 6.05. The molecule has 2 N–H and O–H groups in total. The van der Waals surface area contributed by atoms with Crippen LogP contribution >= 0.6 is 11.6 Å². The Balaban J connectivity index is 1.94. The molecule has 1 heterocycles. The van der Waals surface area contributed by atoms with Crippen molar-refractivity contribution in [1.82, 2.24) is 10.6 Å². The zero-order valence-electron chi connectivity index (χ0n) is 9.79. The normalized spacial score (nSPS) is 14.8. The molecule has 0 saturated heterocycles. The Kier molecular flexibility index (Phi) is 4.09. The molecule has 0 atom stereocenters. The Bertz CT molecular complexity index is 420. The monoisotopic (exact) mass is 253 g/mol. The number of rotatable bonds is 3. The summed E-state index contributed by atoms with van der Waals surface area (Å²) in [4.78, 5) is 4.34. The highest BCUT2D eigenvalue weighted by atomic mass is 35.5. The Morgan fingerprint density at radius 1 is 1.53 bits per heavy atom. The van der Waals surface area contributed by atoms with E-state index in [9.17, 15) is 0 Å². The summed E-state index contributed by atoms with van der Waals surface area (Å²) in [5.74, 6) is 1.56. The Morgan fingerprint density at radius 2 is 2.41 bits per heavy atom. The lowest BCUT2D eigenvalue weighted by Gasteiger charge is -2.16. The van der Waals surface area contributed by atoms with Gasteiger partial charge in [0.1, 0.15) is 5.75 Å². The maximum absolute atomic E-state index is 6.05. The van der Waals surface area contributed by atoms with Gasteiger partial charge >= 0.3 is 0 Å². The molecule has 2 rings (SSSR count). The molecule has 0 amide bonds. The van der Waals surface area contributed by atoms with Crippen LogP contribution in [0.1, 0.15) is 12.0 Å². The van der Waals surface area contributed by atoms with Crippen molar-refractivity contribution in [2.75, 3.05) is 20.2 Å². The molecule has 1 aromatic carbocycles. The van der Waals surface area contributed by atoms with Crippen molar-refractivity contribution in [2.45, 2.75) is 13.0 Å². The lowest BCUT2D eigenvalue weighted by molar-refractivity contribution is 0.415. The zero-order valence-corrected chi connectivity index (χ0v) is 10.5. The molecule has 1 aromatic rings. The predicted octanol–water partition coefficient (Wildman–Crippen LogP) is 1.79. The Labute approximate surface area is 106 Å². The van der Waals surface area contributed by atoms with Crippen molar-refractivity contribution in [2.24, 2.45) is 4.99 Å². The quantitative estimate of drug-likeness (QED) is 0.863. The second kappa shape index (κ2) is 5.77. The first-order valence-corrected chi connectivity index (χ1v) is 6.02. The number of nitrogens with zero attached hydrogens (tertiary/aromatic N) is 1. The van der Waals surface area contributed by atoms with Gasteiger partial charge in [-0.25, -0.2) is 0 Å². The number of methoxy groups -OCH3 is 1. The number of nitrogens with one attached hydrogen (secondary N) is 2. The first-order chi connectivity index (χ1) is 8.29. The number of hydrogen-bond donors (Lipinski definition) is 2. The molecule has 0 bridgehead atoms. The van der Waals surface area contributed by atoms with Gasteiger partial charge in [0.2, 0.25) is 0 Å². The molecule has 0 radical (unpaired) electrons. The molecule has 92 valence electrons. The van der Waals surface area contributed by atoms with Crippen LogP contribution in [0.5, 0.6) is 5.75 Å². The second-order valence-corrected chi connectivity index (χ2v) is 4.24. The van der Waals surface area contributed by atoms with E-state index in [2.05, 4.69) is 15.6 Å². The predicted molar refractivity (Wildman–Crippen MR) is 69.8 cm³/mol. The third-order valence-corrected chi connectivity index (χ3v) is 2.87. The summed E-state index contributed by atoms with van der Waals surface area (Å²) in [7, 11) is 1.61. The maximum Gasteiger partial charge on any atom is 0.191 e. The zero-order chi connectivity index (χ0) is 12.1. The van der Waals surface area contributed by atoms with Gasteiger partial charge in [-0.2, -0.15) is 0 Å². The van der Waals surface area contributed by atoms with Gasteiger partial charge in [0.25, 0.3) is 0 Å². The molecule has 4 nitrogen and oxygen atoms in total.